The maximum absolute atomic E-state index is 8.76. The molecule has 2 heteroatoms. The largest absolute Gasteiger partial charge is 0.296 e. The summed E-state index contributed by atoms with van der Waals surface area (Å²) in [7, 11) is 0. The fourth-order valence-electron chi connectivity index (χ4n) is 2.25. The third kappa shape index (κ3) is 2.45. The number of hydrogen-bond acceptors (Lipinski definition) is 2. The van der Waals surface area contributed by atoms with Crippen molar-refractivity contribution in [2.24, 2.45) is 5.92 Å². The Bertz CT molecular complexity index is 195. The number of nitrogens with zero attached hydrogens (tertiary/aromatic N) is 2. The van der Waals surface area contributed by atoms with E-state index in [9.17, 15) is 0 Å². The molecule has 1 aliphatic heterocycles. The Morgan fingerprint density at radius 3 is 2.77 bits per heavy atom. The number of nitriles is 1. The van der Waals surface area contributed by atoms with Crippen LogP contribution in [0.5, 0.6) is 0 Å². The Kier molecular flexibility index (Phi) is 3.74. The van der Waals surface area contributed by atoms with Crippen LogP contribution in [0.1, 0.15) is 40.0 Å². The van der Waals surface area contributed by atoms with Crippen molar-refractivity contribution in [2.45, 2.75) is 52.1 Å². The first-order valence-electron chi connectivity index (χ1n) is 5.34. The van der Waals surface area contributed by atoms with Gasteiger partial charge in [-0.25, -0.2) is 0 Å². The SMILES string of the molecule is CCC1CCC(C)N1CC(C)C#N. The molecule has 0 aromatic rings. The Hall–Kier alpha value is -0.550. The average Bonchev–Trinajstić information content (AvgIpc) is 2.48. The molecule has 0 amide bonds. The first kappa shape index (κ1) is 10.5. The van der Waals surface area contributed by atoms with Crippen LogP contribution in [-0.4, -0.2) is 23.5 Å². The monoisotopic (exact) mass is 180 g/mol. The van der Waals surface area contributed by atoms with E-state index in [4.69, 9.17) is 5.26 Å². The minimum absolute atomic E-state index is 0.176. The summed E-state index contributed by atoms with van der Waals surface area (Å²) in [4.78, 5) is 2.51. The first-order chi connectivity index (χ1) is 6.19. The lowest BCUT2D eigenvalue weighted by atomic mass is 10.1. The van der Waals surface area contributed by atoms with Crippen LogP contribution in [0.3, 0.4) is 0 Å². The number of hydrogen-bond donors (Lipinski definition) is 0. The first-order valence-corrected chi connectivity index (χ1v) is 5.34. The van der Waals surface area contributed by atoms with Crippen LogP contribution in [0.2, 0.25) is 0 Å². The summed E-state index contributed by atoms with van der Waals surface area (Å²) in [6.07, 6.45) is 3.84. The highest BCUT2D eigenvalue weighted by Crippen LogP contribution is 2.26. The molecule has 0 aliphatic carbocycles. The summed E-state index contributed by atoms with van der Waals surface area (Å²) in [5.74, 6) is 0.176. The van der Waals surface area contributed by atoms with Crippen LogP contribution < -0.4 is 0 Å². The Morgan fingerprint density at radius 1 is 1.54 bits per heavy atom. The van der Waals surface area contributed by atoms with Crippen LogP contribution in [0, 0.1) is 17.2 Å². The third-order valence-corrected chi connectivity index (χ3v) is 3.13. The maximum Gasteiger partial charge on any atom is 0.0666 e. The molecule has 3 unspecified atom stereocenters. The van der Waals surface area contributed by atoms with Gasteiger partial charge in [0.05, 0.1) is 12.0 Å². The zero-order chi connectivity index (χ0) is 9.84. The van der Waals surface area contributed by atoms with Crippen molar-refractivity contribution in [3.63, 3.8) is 0 Å². The molecule has 0 bridgehead atoms. The average molecular weight is 180 g/mol. The van der Waals surface area contributed by atoms with E-state index >= 15 is 0 Å². The van der Waals surface area contributed by atoms with E-state index in [0.29, 0.717) is 6.04 Å². The van der Waals surface area contributed by atoms with Gasteiger partial charge in [-0.15, -0.1) is 0 Å². The van der Waals surface area contributed by atoms with E-state index in [1.165, 1.54) is 19.3 Å². The summed E-state index contributed by atoms with van der Waals surface area (Å²) in [6, 6.07) is 3.72. The Balaban J connectivity index is 2.50. The molecule has 1 saturated heterocycles. The number of rotatable bonds is 3. The summed E-state index contributed by atoms with van der Waals surface area (Å²) >= 11 is 0. The predicted octanol–water partition coefficient (Wildman–Crippen LogP) is 2.41. The predicted molar refractivity (Wildman–Crippen MR) is 54.3 cm³/mol. The lowest BCUT2D eigenvalue weighted by Crippen LogP contribution is -2.37. The number of likely N-dealkylation sites (tertiary alicyclic amines) is 1. The van der Waals surface area contributed by atoms with Gasteiger partial charge in [0.2, 0.25) is 0 Å². The van der Waals surface area contributed by atoms with Gasteiger partial charge in [0, 0.05) is 18.6 Å². The second-order valence-electron chi connectivity index (χ2n) is 4.22. The standard InChI is InChI=1S/C11H20N2/c1-4-11-6-5-10(3)13(11)8-9(2)7-12/h9-11H,4-6,8H2,1-3H3. The molecular formula is C11H20N2. The van der Waals surface area contributed by atoms with Crippen molar-refractivity contribution < 1.29 is 0 Å². The third-order valence-electron chi connectivity index (χ3n) is 3.13. The molecule has 3 atom stereocenters. The molecule has 0 aromatic carbocycles. The molecule has 13 heavy (non-hydrogen) atoms. The summed E-state index contributed by atoms with van der Waals surface area (Å²) in [5.41, 5.74) is 0. The normalized spacial score (nSPS) is 31.5. The molecule has 0 N–H and O–H groups in total. The molecule has 1 heterocycles. The summed E-state index contributed by atoms with van der Waals surface area (Å²) in [6.45, 7) is 7.49. The van der Waals surface area contributed by atoms with Gasteiger partial charge in [0.1, 0.15) is 0 Å². The van der Waals surface area contributed by atoms with Gasteiger partial charge in [-0.2, -0.15) is 5.26 Å². The molecule has 0 aromatic heterocycles. The van der Waals surface area contributed by atoms with Crippen molar-refractivity contribution in [2.75, 3.05) is 6.54 Å². The van der Waals surface area contributed by atoms with E-state index in [1.54, 1.807) is 0 Å². The Labute approximate surface area is 81.5 Å². The zero-order valence-corrected chi connectivity index (χ0v) is 8.95. The van der Waals surface area contributed by atoms with Crippen molar-refractivity contribution in [1.29, 1.82) is 5.26 Å². The van der Waals surface area contributed by atoms with Crippen LogP contribution in [0.25, 0.3) is 0 Å². The van der Waals surface area contributed by atoms with E-state index in [2.05, 4.69) is 24.8 Å². The minimum Gasteiger partial charge on any atom is -0.296 e. The van der Waals surface area contributed by atoms with Gasteiger partial charge < -0.3 is 0 Å². The fraction of sp³-hybridized carbons (Fsp3) is 0.909. The lowest BCUT2D eigenvalue weighted by molar-refractivity contribution is 0.185. The minimum atomic E-state index is 0.176. The molecule has 0 spiro atoms. The van der Waals surface area contributed by atoms with Gasteiger partial charge >= 0.3 is 0 Å². The van der Waals surface area contributed by atoms with Crippen molar-refractivity contribution in [3.8, 4) is 6.07 Å². The molecule has 1 aliphatic rings. The molecule has 1 rings (SSSR count). The van der Waals surface area contributed by atoms with E-state index in [0.717, 1.165) is 12.6 Å². The highest BCUT2D eigenvalue weighted by atomic mass is 15.2. The van der Waals surface area contributed by atoms with Gasteiger partial charge in [0.15, 0.2) is 0 Å². The quantitative estimate of drug-likeness (QED) is 0.667. The molecule has 0 saturated carbocycles. The lowest BCUT2D eigenvalue weighted by Gasteiger charge is -2.28. The topological polar surface area (TPSA) is 27.0 Å². The fourth-order valence-corrected chi connectivity index (χ4v) is 2.25. The summed E-state index contributed by atoms with van der Waals surface area (Å²) in [5, 5.41) is 8.76. The smallest absolute Gasteiger partial charge is 0.0666 e. The van der Waals surface area contributed by atoms with Gasteiger partial charge in [-0.1, -0.05) is 6.92 Å². The maximum atomic E-state index is 8.76. The second kappa shape index (κ2) is 4.62. The van der Waals surface area contributed by atoms with Gasteiger partial charge in [-0.3, -0.25) is 4.90 Å². The Morgan fingerprint density at radius 2 is 2.23 bits per heavy atom. The molecule has 0 radical (unpaired) electrons. The van der Waals surface area contributed by atoms with Crippen molar-refractivity contribution in [3.05, 3.63) is 0 Å². The molecule has 2 nitrogen and oxygen atoms in total. The second-order valence-corrected chi connectivity index (χ2v) is 4.22. The van der Waals surface area contributed by atoms with Gasteiger partial charge in [0.25, 0.3) is 0 Å². The molecule has 74 valence electrons. The van der Waals surface area contributed by atoms with E-state index in [1.807, 2.05) is 6.92 Å². The van der Waals surface area contributed by atoms with Gasteiger partial charge in [-0.05, 0) is 33.1 Å². The van der Waals surface area contributed by atoms with E-state index < -0.39 is 0 Å². The van der Waals surface area contributed by atoms with Crippen LogP contribution >= 0.6 is 0 Å². The molecule has 1 fully saturated rings. The summed E-state index contributed by atoms with van der Waals surface area (Å²) < 4.78 is 0. The van der Waals surface area contributed by atoms with Crippen LogP contribution in [0.15, 0.2) is 0 Å². The van der Waals surface area contributed by atoms with Crippen molar-refractivity contribution >= 4 is 0 Å². The van der Waals surface area contributed by atoms with Crippen LogP contribution in [-0.2, 0) is 0 Å². The zero-order valence-electron chi connectivity index (χ0n) is 8.95. The van der Waals surface area contributed by atoms with E-state index in [-0.39, 0.29) is 5.92 Å². The highest BCUT2D eigenvalue weighted by molar-refractivity contribution is 4.89. The van der Waals surface area contributed by atoms with Crippen LogP contribution in [0.4, 0.5) is 0 Å². The highest BCUT2D eigenvalue weighted by Gasteiger charge is 2.29. The van der Waals surface area contributed by atoms with Crippen molar-refractivity contribution in [1.82, 2.24) is 4.90 Å². The molecular weight excluding hydrogens is 160 g/mol.